The summed E-state index contributed by atoms with van der Waals surface area (Å²) >= 11 is 1.28. The number of ether oxygens (including phenoxy) is 2. The maximum absolute atomic E-state index is 10.8. The molecule has 0 rings (SSSR count). The van der Waals surface area contributed by atoms with Crippen molar-refractivity contribution in [2.24, 2.45) is 4.99 Å². The van der Waals surface area contributed by atoms with Gasteiger partial charge in [0.25, 0.3) is 5.23 Å². The van der Waals surface area contributed by atoms with E-state index in [-0.39, 0.29) is 0 Å². The zero-order valence-electron chi connectivity index (χ0n) is 7.49. The molecule has 0 aromatic heterocycles. The van der Waals surface area contributed by atoms with Gasteiger partial charge in [-0.05, 0) is 20.1 Å². The summed E-state index contributed by atoms with van der Waals surface area (Å²) in [5.41, 5.74) is 0. The Morgan fingerprint density at radius 2 is 1.92 bits per heavy atom. The summed E-state index contributed by atoms with van der Waals surface area (Å²) in [7, 11) is 0. The standard InChI is InChI=1S/C7H13NO3S/c1-4-10-6(9)8-7(12-3)11-5-2/h4-5H2,1-3H3. The molecule has 70 valence electrons. The third-order valence-electron chi connectivity index (χ3n) is 0.893. The van der Waals surface area contributed by atoms with Gasteiger partial charge in [-0.3, -0.25) is 0 Å². The normalized spacial score (nSPS) is 11.1. The molecule has 4 nitrogen and oxygen atoms in total. The van der Waals surface area contributed by atoms with E-state index < -0.39 is 6.09 Å². The van der Waals surface area contributed by atoms with E-state index in [9.17, 15) is 4.79 Å². The molecule has 0 aliphatic carbocycles. The quantitative estimate of drug-likeness (QED) is 0.494. The monoisotopic (exact) mass is 191 g/mol. The van der Waals surface area contributed by atoms with Gasteiger partial charge in [-0.1, -0.05) is 11.8 Å². The van der Waals surface area contributed by atoms with E-state index >= 15 is 0 Å². The molecule has 0 aliphatic heterocycles. The van der Waals surface area contributed by atoms with Crippen LogP contribution in [0.5, 0.6) is 0 Å². The Kier molecular flexibility index (Phi) is 6.55. The van der Waals surface area contributed by atoms with E-state index in [4.69, 9.17) is 4.74 Å². The number of nitrogens with zero attached hydrogens (tertiary/aromatic N) is 1. The molecule has 0 heterocycles. The Labute approximate surface area is 76.3 Å². The number of carbonyl (C=O) groups excluding carboxylic acids is 1. The fourth-order valence-corrected chi connectivity index (χ4v) is 0.892. The minimum atomic E-state index is -0.602. The van der Waals surface area contributed by atoms with Gasteiger partial charge < -0.3 is 9.47 Å². The average Bonchev–Trinajstić information content (AvgIpc) is 2.04. The van der Waals surface area contributed by atoms with Crippen molar-refractivity contribution >= 4 is 23.1 Å². The van der Waals surface area contributed by atoms with E-state index in [2.05, 4.69) is 9.73 Å². The molecule has 5 heteroatoms. The fourth-order valence-electron chi connectivity index (χ4n) is 0.491. The molecule has 0 aromatic carbocycles. The second-order valence-electron chi connectivity index (χ2n) is 1.71. The third-order valence-corrected chi connectivity index (χ3v) is 1.45. The molecule has 0 unspecified atom stereocenters. The number of thioether (sulfide) groups is 1. The Morgan fingerprint density at radius 3 is 2.33 bits per heavy atom. The zero-order chi connectivity index (χ0) is 9.40. The van der Waals surface area contributed by atoms with E-state index in [0.717, 1.165) is 0 Å². The van der Waals surface area contributed by atoms with Crippen LogP contribution in [-0.4, -0.2) is 30.8 Å². The molecule has 12 heavy (non-hydrogen) atoms. The van der Waals surface area contributed by atoms with Crippen LogP contribution < -0.4 is 0 Å². The van der Waals surface area contributed by atoms with E-state index in [1.807, 2.05) is 6.92 Å². The van der Waals surface area contributed by atoms with E-state index in [1.165, 1.54) is 11.8 Å². The van der Waals surface area contributed by atoms with Crippen molar-refractivity contribution in [1.29, 1.82) is 0 Å². The number of rotatable bonds is 2. The van der Waals surface area contributed by atoms with Crippen LogP contribution in [0.25, 0.3) is 0 Å². The highest BCUT2D eigenvalue weighted by Gasteiger charge is 2.02. The van der Waals surface area contributed by atoms with Crippen molar-refractivity contribution in [3.8, 4) is 0 Å². The minimum Gasteiger partial charge on any atom is -0.473 e. The zero-order valence-corrected chi connectivity index (χ0v) is 8.31. The van der Waals surface area contributed by atoms with Crippen LogP contribution in [0.3, 0.4) is 0 Å². The fraction of sp³-hybridized carbons (Fsp3) is 0.714. The molecule has 0 N–H and O–H groups in total. The minimum absolute atomic E-state index is 0.329. The predicted molar refractivity (Wildman–Crippen MR) is 49.6 cm³/mol. The third kappa shape index (κ3) is 5.01. The highest BCUT2D eigenvalue weighted by atomic mass is 32.2. The summed E-state index contributed by atoms with van der Waals surface area (Å²) in [4.78, 5) is 14.4. The first-order valence-corrected chi connectivity index (χ1v) is 4.89. The summed E-state index contributed by atoms with van der Waals surface area (Å²) in [6, 6.07) is 0. The Hall–Kier alpha value is -0.710. The van der Waals surface area contributed by atoms with Crippen molar-refractivity contribution < 1.29 is 14.3 Å². The molecule has 1 amide bonds. The highest BCUT2D eigenvalue weighted by molar-refractivity contribution is 8.13. The first-order valence-electron chi connectivity index (χ1n) is 3.66. The van der Waals surface area contributed by atoms with Gasteiger partial charge in [0, 0.05) is 0 Å². The average molecular weight is 191 g/mol. The first kappa shape index (κ1) is 11.3. The molecule has 0 atom stereocenters. The van der Waals surface area contributed by atoms with Gasteiger partial charge in [0.2, 0.25) is 0 Å². The predicted octanol–water partition coefficient (Wildman–Crippen LogP) is 1.90. The Morgan fingerprint density at radius 1 is 1.33 bits per heavy atom. The largest absolute Gasteiger partial charge is 0.473 e. The molecule has 0 fully saturated rings. The molecular formula is C7H13NO3S. The maximum atomic E-state index is 10.8. The number of carbonyl (C=O) groups is 1. The molecule has 0 aromatic rings. The molecule has 0 bridgehead atoms. The summed E-state index contributed by atoms with van der Waals surface area (Å²) in [5.74, 6) is 0. The molecule has 0 radical (unpaired) electrons. The van der Waals surface area contributed by atoms with Gasteiger partial charge in [-0.2, -0.15) is 0 Å². The van der Waals surface area contributed by atoms with Crippen LogP contribution >= 0.6 is 11.8 Å². The second kappa shape index (κ2) is 6.97. The van der Waals surface area contributed by atoms with Crippen molar-refractivity contribution in [2.45, 2.75) is 13.8 Å². The van der Waals surface area contributed by atoms with Crippen LogP contribution in [0, 0.1) is 0 Å². The van der Waals surface area contributed by atoms with E-state index in [1.54, 1.807) is 13.2 Å². The first-order chi connectivity index (χ1) is 5.74. The number of hydrogen-bond acceptors (Lipinski definition) is 4. The molecule has 0 saturated carbocycles. The van der Waals surface area contributed by atoms with Crippen molar-refractivity contribution in [3.63, 3.8) is 0 Å². The topological polar surface area (TPSA) is 47.9 Å². The summed E-state index contributed by atoms with van der Waals surface area (Å²) in [5, 5.41) is 0.343. The summed E-state index contributed by atoms with van der Waals surface area (Å²) < 4.78 is 9.62. The molecule has 0 aliphatic rings. The smallest absolute Gasteiger partial charge is 0.437 e. The van der Waals surface area contributed by atoms with E-state index in [0.29, 0.717) is 18.4 Å². The number of amides is 1. The SMILES string of the molecule is CCOC(=O)N=C(OCC)SC. The highest BCUT2D eigenvalue weighted by Crippen LogP contribution is 2.01. The van der Waals surface area contributed by atoms with Gasteiger partial charge in [0.05, 0.1) is 13.2 Å². The summed E-state index contributed by atoms with van der Waals surface area (Å²) in [6.45, 7) is 4.39. The van der Waals surface area contributed by atoms with Crippen LogP contribution in [0.2, 0.25) is 0 Å². The molecular weight excluding hydrogens is 178 g/mol. The van der Waals surface area contributed by atoms with Crippen LogP contribution in [-0.2, 0) is 9.47 Å². The van der Waals surface area contributed by atoms with Crippen molar-refractivity contribution in [3.05, 3.63) is 0 Å². The Bertz CT molecular complexity index is 170. The maximum Gasteiger partial charge on any atom is 0.437 e. The Balaban J connectivity index is 3.98. The molecule has 0 spiro atoms. The lowest BCUT2D eigenvalue weighted by molar-refractivity contribution is 0.162. The van der Waals surface area contributed by atoms with Crippen LogP contribution in [0.15, 0.2) is 4.99 Å². The number of hydrogen-bond donors (Lipinski definition) is 0. The van der Waals surface area contributed by atoms with Gasteiger partial charge in [0.15, 0.2) is 0 Å². The van der Waals surface area contributed by atoms with Gasteiger partial charge in [0.1, 0.15) is 0 Å². The van der Waals surface area contributed by atoms with Crippen molar-refractivity contribution in [2.75, 3.05) is 19.5 Å². The van der Waals surface area contributed by atoms with Crippen LogP contribution in [0.1, 0.15) is 13.8 Å². The van der Waals surface area contributed by atoms with Gasteiger partial charge in [-0.25, -0.2) is 4.79 Å². The lowest BCUT2D eigenvalue weighted by Gasteiger charge is -2.02. The van der Waals surface area contributed by atoms with Crippen molar-refractivity contribution in [1.82, 2.24) is 0 Å². The molecule has 0 saturated heterocycles. The number of aliphatic imine (C=N–C) groups is 1. The lowest BCUT2D eigenvalue weighted by atomic mass is 10.9. The lowest BCUT2D eigenvalue weighted by Crippen LogP contribution is -2.05. The van der Waals surface area contributed by atoms with Gasteiger partial charge >= 0.3 is 6.09 Å². The van der Waals surface area contributed by atoms with Gasteiger partial charge in [-0.15, -0.1) is 4.99 Å². The van der Waals surface area contributed by atoms with Crippen LogP contribution in [0.4, 0.5) is 4.79 Å². The second-order valence-corrected chi connectivity index (χ2v) is 2.47. The summed E-state index contributed by atoms with van der Waals surface area (Å²) in [6.07, 6.45) is 1.18.